The predicted octanol–water partition coefficient (Wildman–Crippen LogP) is 4.17. The van der Waals surface area contributed by atoms with Gasteiger partial charge < -0.3 is 14.8 Å². The largest absolute Gasteiger partial charge is 0.381 e. The summed E-state index contributed by atoms with van der Waals surface area (Å²) in [4.78, 5) is 4.65. The number of rotatable bonds is 7. The van der Waals surface area contributed by atoms with Crippen LogP contribution in [0.2, 0.25) is 0 Å². The highest BCUT2D eigenvalue weighted by molar-refractivity contribution is 7.99. The smallest absolute Gasteiger partial charge is 0.146 e. The molecule has 30 heavy (non-hydrogen) atoms. The van der Waals surface area contributed by atoms with Crippen molar-refractivity contribution in [3.8, 4) is 23.3 Å². The molecule has 0 saturated carbocycles. The van der Waals surface area contributed by atoms with Crippen LogP contribution in [0.3, 0.4) is 0 Å². The number of benzene rings is 1. The van der Waals surface area contributed by atoms with Gasteiger partial charge >= 0.3 is 0 Å². The summed E-state index contributed by atoms with van der Waals surface area (Å²) >= 11 is 1.57. The van der Waals surface area contributed by atoms with Crippen LogP contribution in [0, 0.1) is 28.6 Å². The van der Waals surface area contributed by atoms with Gasteiger partial charge in [-0.1, -0.05) is 24.3 Å². The fraction of sp³-hybridized carbons (Fsp3) is 0.435. The lowest BCUT2D eigenvalue weighted by Crippen LogP contribution is -2.29. The summed E-state index contributed by atoms with van der Waals surface area (Å²) in [6.07, 6.45) is 1.03. The maximum atomic E-state index is 9.99. The van der Waals surface area contributed by atoms with Crippen molar-refractivity contribution in [2.45, 2.75) is 24.3 Å². The standard InChI is InChI=1S/C23H24N4O2S/c1-2-26-22-19(9-24)21(17-5-3-16(4-6-17)18-7-8-28-13-18)20(10-25)23(27-22)30-14-15-11-29-12-15/h3-6,15,18H,2,7-8,11-14H2,1H3,(H,26,27)/t18-/m1/s1. The molecule has 1 aromatic carbocycles. The third kappa shape index (κ3) is 4.15. The van der Waals surface area contributed by atoms with Crippen LogP contribution in [0.5, 0.6) is 0 Å². The van der Waals surface area contributed by atoms with Gasteiger partial charge in [0.1, 0.15) is 28.5 Å². The number of anilines is 1. The Balaban J connectivity index is 1.76. The second kappa shape index (κ2) is 9.49. The minimum Gasteiger partial charge on any atom is -0.381 e. The number of thioether (sulfide) groups is 1. The fourth-order valence-electron chi connectivity index (χ4n) is 3.76. The molecule has 3 heterocycles. The van der Waals surface area contributed by atoms with Crippen LogP contribution in [0.1, 0.15) is 36.0 Å². The Kier molecular flexibility index (Phi) is 6.54. The van der Waals surface area contributed by atoms with E-state index < -0.39 is 0 Å². The number of hydrogen-bond acceptors (Lipinski definition) is 7. The lowest BCUT2D eigenvalue weighted by atomic mass is 9.92. The van der Waals surface area contributed by atoms with Gasteiger partial charge in [-0.2, -0.15) is 10.5 Å². The molecule has 7 heteroatoms. The molecule has 0 aliphatic carbocycles. The van der Waals surface area contributed by atoms with E-state index in [-0.39, 0.29) is 0 Å². The first-order chi connectivity index (χ1) is 14.7. The van der Waals surface area contributed by atoms with Gasteiger partial charge in [-0.05, 0) is 24.5 Å². The quantitative estimate of drug-likeness (QED) is 0.672. The number of hydrogen-bond donors (Lipinski definition) is 1. The van der Waals surface area contributed by atoms with E-state index in [9.17, 15) is 10.5 Å². The molecule has 2 aliphatic rings. The van der Waals surface area contributed by atoms with Gasteiger partial charge in [0.25, 0.3) is 0 Å². The van der Waals surface area contributed by atoms with Crippen LogP contribution in [0.15, 0.2) is 29.3 Å². The Morgan fingerprint density at radius 1 is 1.10 bits per heavy atom. The second-order valence-electron chi connectivity index (χ2n) is 7.54. The van der Waals surface area contributed by atoms with Crippen molar-refractivity contribution in [1.29, 1.82) is 10.5 Å². The minimum absolute atomic E-state index is 0.412. The SMILES string of the molecule is CCNc1nc(SCC2COC2)c(C#N)c(-c2ccc([C@@H]3CCOC3)cc2)c1C#N. The molecule has 2 saturated heterocycles. The van der Waals surface area contributed by atoms with Gasteiger partial charge in [-0.15, -0.1) is 11.8 Å². The molecule has 154 valence electrons. The first kappa shape index (κ1) is 20.7. The third-order valence-corrected chi connectivity index (χ3v) is 6.70. The molecule has 1 aromatic heterocycles. The number of aromatic nitrogens is 1. The first-order valence-electron chi connectivity index (χ1n) is 10.3. The zero-order valence-electron chi connectivity index (χ0n) is 17.0. The molecule has 4 rings (SSSR count). The summed E-state index contributed by atoms with van der Waals surface area (Å²) in [6.45, 7) is 5.67. The maximum Gasteiger partial charge on any atom is 0.146 e. The molecule has 2 aromatic rings. The van der Waals surface area contributed by atoms with Crippen molar-refractivity contribution in [3.63, 3.8) is 0 Å². The summed E-state index contributed by atoms with van der Waals surface area (Å²) in [5, 5.41) is 23.8. The van der Waals surface area contributed by atoms with Crippen molar-refractivity contribution < 1.29 is 9.47 Å². The number of nitriles is 2. The maximum absolute atomic E-state index is 9.99. The van der Waals surface area contributed by atoms with E-state index in [2.05, 4.69) is 34.6 Å². The zero-order chi connectivity index (χ0) is 20.9. The average molecular weight is 421 g/mol. The molecule has 0 bridgehead atoms. The molecule has 1 atom stereocenters. The molecule has 6 nitrogen and oxygen atoms in total. The van der Waals surface area contributed by atoms with Crippen LogP contribution in [-0.2, 0) is 9.47 Å². The molecule has 0 amide bonds. The van der Waals surface area contributed by atoms with Gasteiger partial charge in [-0.25, -0.2) is 4.98 Å². The van der Waals surface area contributed by atoms with E-state index in [1.54, 1.807) is 11.8 Å². The summed E-state index contributed by atoms with van der Waals surface area (Å²) in [5.41, 5.74) is 3.64. The summed E-state index contributed by atoms with van der Waals surface area (Å²) in [5.74, 6) is 2.28. The molecule has 2 fully saturated rings. The van der Waals surface area contributed by atoms with Gasteiger partial charge in [0.05, 0.1) is 25.4 Å². The van der Waals surface area contributed by atoms with Crippen LogP contribution in [0.4, 0.5) is 5.82 Å². The van der Waals surface area contributed by atoms with E-state index in [0.717, 1.165) is 44.2 Å². The summed E-state index contributed by atoms with van der Waals surface area (Å²) in [6, 6.07) is 12.8. The Bertz CT molecular complexity index is 984. The predicted molar refractivity (Wildman–Crippen MR) is 116 cm³/mol. The van der Waals surface area contributed by atoms with Gasteiger partial charge in [0.15, 0.2) is 0 Å². The number of ether oxygens (including phenoxy) is 2. The molecule has 1 N–H and O–H groups in total. The van der Waals surface area contributed by atoms with Crippen molar-refractivity contribution in [2.24, 2.45) is 5.92 Å². The normalized spacial score (nSPS) is 18.4. The molecular formula is C23H24N4O2S. The van der Waals surface area contributed by atoms with Crippen molar-refractivity contribution >= 4 is 17.6 Å². The molecule has 0 spiro atoms. The molecule has 0 unspecified atom stereocenters. The van der Waals surface area contributed by atoms with E-state index in [4.69, 9.17) is 9.47 Å². The van der Waals surface area contributed by atoms with E-state index in [1.165, 1.54) is 5.56 Å². The van der Waals surface area contributed by atoms with Gasteiger partial charge in [0.2, 0.25) is 0 Å². The number of nitrogens with zero attached hydrogens (tertiary/aromatic N) is 3. The third-order valence-electron chi connectivity index (χ3n) is 5.50. The fourth-order valence-corrected chi connectivity index (χ4v) is 4.80. The van der Waals surface area contributed by atoms with E-state index in [0.29, 0.717) is 45.9 Å². The molecule has 2 aliphatic heterocycles. The topological polar surface area (TPSA) is 91.0 Å². The average Bonchev–Trinajstić information content (AvgIpc) is 3.27. The molecular weight excluding hydrogens is 396 g/mol. The van der Waals surface area contributed by atoms with Crippen LogP contribution in [0.25, 0.3) is 11.1 Å². The Labute approximate surface area is 181 Å². The highest BCUT2D eigenvalue weighted by Crippen LogP contribution is 2.38. The zero-order valence-corrected chi connectivity index (χ0v) is 17.8. The second-order valence-corrected chi connectivity index (χ2v) is 8.55. The van der Waals surface area contributed by atoms with E-state index >= 15 is 0 Å². The first-order valence-corrected chi connectivity index (χ1v) is 11.2. The van der Waals surface area contributed by atoms with Crippen molar-refractivity contribution in [1.82, 2.24) is 4.98 Å². The Morgan fingerprint density at radius 2 is 1.87 bits per heavy atom. The lowest BCUT2D eigenvalue weighted by molar-refractivity contribution is -0.0196. The van der Waals surface area contributed by atoms with Gasteiger partial charge in [-0.3, -0.25) is 0 Å². The number of pyridine rings is 1. The highest BCUT2D eigenvalue weighted by Gasteiger charge is 2.25. The lowest BCUT2D eigenvalue weighted by Gasteiger charge is -2.25. The highest BCUT2D eigenvalue weighted by atomic mass is 32.2. The van der Waals surface area contributed by atoms with Crippen LogP contribution < -0.4 is 5.32 Å². The summed E-state index contributed by atoms with van der Waals surface area (Å²) < 4.78 is 10.8. The summed E-state index contributed by atoms with van der Waals surface area (Å²) in [7, 11) is 0. The number of nitrogens with one attached hydrogen (secondary N) is 1. The van der Waals surface area contributed by atoms with Crippen LogP contribution >= 0.6 is 11.8 Å². The Hall–Kier alpha value is -2.58. The molecule has 0 radical (unpaired) electrons. The van der Waals surface area contributed by atoms with Crippen molar-refractivity contribution in [3.05, 3.63) is 41.0 Å². The minimum atomic E-state index is 0.412. The van der Waals surface area contributed by atoms with Gasteiger partial charge in [0, 0.05) is 36.3 Å². The van der Waals surface area contributed by atoms with Crippen LogP contribution in [-0.4, -0.2) is 43.7 Å². The Morgan fingerprint density at radius 3 is 2.43 bits per heavy atom. The monoisotopic (exact) mass is 420 g/mol. The van der Waals surface area contributed by atoms with Crippen molar-refractivity contribution in [2.75, 3.05) is 44.0 Å². The van der Waals surface area contributed by atoms with E-state index in [1.807, 2.05) is 19.1 Å².